The Morgan fingerprint density at radius 1 is 1.40 bits per heavy atom. The van der Waals surface area contributed by atoms with E-state index in [2.05, 4.69) is 10.3 Å². The number of hydrogen-bond donors (Lipinski definition) is 1. The first kappa shape index (κ1) is 18.0. The van der Waals surface area contributed by atoms with Crippen molar-refractivity contribution >= 4 is 51.3 Å². The summed E-state index contributed by atoms with van der Waals surface area (Å²) in [7, 11) is 0. The average molecular weight is 394 g/mol. The van der Waals surface area contributed by atoms with Crippen LogP contribution >= 0.6 is 34.7 Å². The van der Waals surface area contributed by atoms with Crippen LogP contribution in [0.15, 0.2) is 40.5 Å². The topological polar surface area (TPSA) is 63.5 Å². The van der Waals surface area contributed by atoms with E-state index in [0.717, 1.165) is 11.4 Å². The Labute approximate surface area is 158 Å². The van der Waals surface area contributed by atoms with Gasteiger partial charge in [0.05, 0.1) is 5.69 Å². The SMILES string of the molecule is Cc1csc2nc(CSCCC(=O)Nc3cccc(Cl)c3)cc(=O)n12. The van der Waals surface area contributed by atoms with Gasteiger partial charge in [0.25, 0.3) is 5.56 Å². The second-order valence-corrected chi connectivity index (χ2v) is 7.82. The van der Waals surface area contributed by atoms with E-state index in [1.54, 1.807) is 46.5 Å². The minimum absolute atomic E-state index is 0.0574. The molecule has 3 rings (SSSR count). The molecule has 8 heteroatoms. The predicted molar refractivity (Wildman–Crippen MR) is 105 cm³/mol. The fraction of sp³-hybridized carbons (Fsp3) is 0.235. The van der Waals surface area contributed by atoms with E-state index in [1.165, 1.54) is 11.3 Å². The predicted octanol–water partition coefficient (Wildman–Crippen LogP) is 3.98. The molecule has 1 N–H and O–H groups in total. The molecule has 1 amide bonds. The third-order valence-electron chi connectivity index (χ3n) is 3.46. The van der Waals surface area contributed by atoms with Gasteiger partial charge in [0, 0.05) is 45.8 Å². The molecule has 0 unspecified atom stereocenters. The molecule has 0 saturated carbocycles. The number of carbonyl (C=O) groups is 1. The largest absolute Gasteiger partial charge is 0.326 e. The lowest BCUT2D eigenvalue weighted by Crippen LogP contribution is -2.15. The zero-order valence-corrected chi connectivity index (χ0v) is 15.9. The summed E-state index contributed by atoms with van der Waals surface area (Å²) in [5, 5.41) is 5.32. The number of hydrogen-bond acceptors (Lipinski definition) is 5. The maximum atomic E-state index is 12.1. The van der Waals surface area contributed by atoms with Crippen LogP contribution < -0.4 is 10.9 Å². The zero-order chi connectivity index (χ0) is 17.8. The third-order valence-corrected chi connectivity index (χ3v) is 5.63. The molecule has 0 aliphatic carbocycles. The smallest absolute Gasteiger partial charge is 0.258 e. The molecule has 0 aliphatic heterocycles. The first-order valence-electron chi connectivity index (χ1n) is 7.63. The van der Waals surface area contributed by atoms with E-state index in [4.69, 9.17) is 11.6 Å². The molecule has 5 nitrogen and oxygen atoms in total. The van der Waals surface area contributed by atoms with Crippen LogP contribution in [0.2, 0.25) is 5.02 Å². The quantitative estimate of drug-likeness (QED) is 0.643. The number of thiazole rings is 1. The number of amides is 1. The van der Waals surface area contributed by atoms with E-state index in [0.29, 0.717) is 33.6 Å². The van der Waals surface area contributed by atoms with Crippen molar-refractivity contribution in [2.75, 3.05) is 11.1 Å². The number of fused-ring (bicyclic) bond motifs is 1. The molecule has 0 radical (unpaired) electrons. The number of thioether (sulfide) groups is 1. The highest BCUT2D eigenvalue weighted by Gasteiger charge is 2.07. The van der Waals surface area contributed by atoms with Crippen LogP contribution in [0.25, 0.3) is 4.96 Å². The lowest BCUT2D eigenvalue weighted by atomic mass is 10.3. The van der Waals surface area contributed by atoms with Gasteiger partial charge < -0.3 is 5.32 Å². The Morgan fingerprint density at radius 2 is 2.24 bits per heavy atom. The second kappa shape index (κ2) is 8.03. The molecule has 130 valence electrons. The van der Waals surface area contributed by atoms with Gasteiger partial charge in [0.2, 0.25) is 5.91 Å². The summed E-state index contributed by atoms with van der Waals surface area (Å²) in [6.45, 7) is 1.89. The summed E-state index contributed by atoms with van der Waals surface area (Å²) in [5.74, 6) is 1.19. The Morgan fingerprint density at radius 3 is 3.04 bits per heavy atom. The molecule has 2 heterocycles. The molecule has 0 fully saturated rings. The Balaban J connectivity index is 1.50. The number of aromatic nitrogens is 2. The summed E-state index contributed by atoms with van der Waals surface area (Å²) in [4.78, 5) is 29.2. The molecule has 2 aromatic heterocycles. The lowest BCUT2D eigenvalue weighted by Gasteiger charge is -2.05. The minimum atomic E-state index is -0.0628. The summed E-state index contributed by atoms with van der Waals surface area (Å²) in [5.41, 5.74) is 2.27. The molecule has 3 aromatic rings. The van der Waals surface area contributed by atoms with Gasteiger partial charge >= 0.3 is 0 Å². The molecule has 25 heavy (non-hydrogen) atoms. The first-order valence-corrected chi connectivity index (χ1v) is 10.0. The van der Waals surface area contributed by atoms with Crippen molar-refractivity contribution in [3.63, 3.8) is 0 Å². The van der Waals surface area contributed by atoms with Crippen LogP contribution in [0.3, 0.4) is 0 Å². The zero-order valence-electron chi connectivity index (χ0n) is 13.5. The highest BCUT2D eigenvalue weighted by molar-refractivity contribution is 7.98. The van der Waals surface area contributed by atoms with E-state index in [1.807, 2.05) is 12.3 Å². The summed E-state index contributed by atoms with van der Waals surface area (Å²) >= 11 is 8.93. The summed E-state index contributed by atoms with van der Waals surface area (Å²) in [6, 6.07) is 8.62. The maximum absolute atomic E-state index is 12.1. The van der Waals surface area contributed by atoms with E-state index in [-0.39, 0.29) is 11.5 Å². The van der Waals surface area contributed by atoms with Crippen LogP contribution in [-0.2, 0) is 10.5 Å². The van der Waals surface area contributed by atoms with Crippen molar-refractivity contribution in [2.24, 2.45) is 0 Å². The first-order chi connectivity index (χ1) is 12.0. The van der Waals surface area contributed by atoms with Crippen molar-refractivity contribution in [1.29, 1.82) is 0 Å². The van der Waals surface area contributed by atoms with Gasteiger partial charge in [0.15, 0.2) is 4.96 Å². The number of anilines is 1. The number of nitrogens with one attached hydrogen (secondary N) is 1. The van der Waals surface area contributed by atoms with Gasteiger partial charge in [-0.2, -0.15) is 11.8 Å². The maximum Gasteiger partial charge on any atom is 0.258 e. The fourth-order valence-electron chi connectivity index (χ4n) is 2.31. The van der Waals surface area contributed by atoms with Crippen molar-refractivity contribution in [2.45, 2.75) is 19.1 Å². The minimum Gasteiger partial charge on any atom is -0.326 e. The molecule has 1 aromatic carbocycles. The number of nitrogens with zero attached hydrogens (tertiary/aromatic N) is 2. The van der Waals surface area contributed by atoms with E-state index < -0.39 is 0 Å². The van der Waals surface area contributed by atoms with Crippen LogP contribution in [0.4, 0.5) is 5.69 Å². The van der Waals surface area contributed by atoms with E-state index >= 15 is 0 Å². The van der Waals surface area contributed by atoms with Gasteiger partial charge in [-0.1, -0.05) is 17.7 Å². The Hall–Kier alpha value is -1.83. The van der Waals surface area contributed by atoms with Crippen LogP contribution in [0, 0.1) is 6.92 Å². The summed E-state index contributed by atoms with van der Waals surface area (Å²) < 4.78 is 1.61. The molecule has 0 spiro atoms. The Kier molecular flexibility index (Phi) is 5.78. The normalized spacial score (nSPS) is 11.0. The van der Waals surface area contributed by atoms with Crippen molar-refractivity contribution in [1.82, 2.24) is 9.38 Å². The standard InChI is InChI=1S/C17H16ClN3O2S2/c1-11-9-25-17-20-14(8-16(23)21(11)17)10-24-6-5-15(22)19-13-4-2-3-12(18)7-13/h2-4,7-9H,5-6,10H2,1H3,(H,19,22). The number of carbonyl (C=O) groups excluding carboxylic acids is 1. The highest BCUT2D eigenvalue weighted by atomic mass is 35.5. The fourth-order valence-corrected chi connectivity index (χ4v) is 4.22. The average Bonchev–Trinajstić information content (AvgIpc) is 2.93. The van der Waals surface area contributed by atoms with Crippen LogP contribution in [0.5, 0.6) is 0 Å². The number of aryl methyl sites for hydroxylation is 1. The van der Waals surface area contributed by atoms with Gasteiger partial charge in [-0.3, -0.25) is 14.0 Å². The number of benzene rings is 1. The molecule has 0 aliphatic rings. The number of rotatable bonds is 6. The molecular weight excluding hydrogens is 378 g/mol. The Bertz CT molecular complexity index is 968. The van der Waals surface area contributed by atoms with Crippen molar-refractivity contribution in [3.8, 4) is 0 Å². The summed E-state index contributed by atoms with van der Waals surface area (Å²) in [6.07, 6.45) is 0.385. The van der Waals surface area contributed by atoms with Gasteiger partial charge in [0.1, 0.15) is 0 Å². The monoisotopic (exact) mass is 393 g/mol. The lowest BCUT2D eigenvalue weighted by molar-refractivity contribution is -0.115. The van der Waals surface area contributed by atoms with Crippen molar-refractivity contribution < 1.29 is 4.79 Å². The molecule has 0 atom stereocenters. The van der Waals surface area contributed by atoms with Crippen LogP contribution in [0.1, 0.15) is 17.8 Å². The second-order valence-electron chi connectivity index (χ2n) is 5.44. The third kappa shape index (κ3) is 4.62. The van der Waals surface area contributed by atoms with Crippen LogP contribution in [-0.4, -0.2) is 21.0 Å². The molecular formula is C17H16ClN3O2S2. The van der Waals surface area contributed by atoms with E-state index in [9.17, 15) is 9.59 Å². The van der Waals surface area contributed by atoms with Gasteiger partial charge in [-0.25, -0.2) is 4.98 Å². The van der Waals surface area contributed by atoms with Crippen molar-refractivity contribution in [3.05, 3.63) is 62.5 Å². The number of halogens is 1. The molecule has 0 saturated heterocycles. The van der Waals surface area contributed by atoms with Gasteiger partial charge in [-0.15, -0.1) is 11.3 Å². The molecule has 0 bridgehead atoms. The van der Waals surface area contributed by atoms with Gasteiger partial charge in [-0.05, 0) is 25.1 Å². The highest BCUT2D eigenvalue weighted by Crippen LogP contribution is 2.17.